The average Bonchev–Trinajstić information content (AvgIpc) is 2.78. The van der Waals surface area contributed by atoms with Gasteiger partial charge in [-0.15, -0.1) is 0 Å². The minimum absolute atomic E-state index is 0.0249. The number of hydrogen-bond donors (Lipinski definition) is 2. The van der Waals surface area contributed by atoms with Gasteiger partial charge in [0.2, 0.25) is 15.9 Å². The third-order valence-electron chi connectivity index (χ3n) is 5.63. The lowest BCUT2D eigenvalue weighted by molar-refractivity contribution is -0.142. The maximum absolute atomic E-state index is 13.6. The fraction of sp³-hybridized carbons (Fsp3) is 0.280. The summed E-state index contributed by atoms with van der Waals surface area (Å²) in [6, 6.07) is 15.2. The maximum atomic E-state index is 13.6. The van der Waals surface area contributed by atoms with Crippen LogP contribution in [0.15, 0.2) is 71.6 Å². The molecule has 0 spiro atoms. The second-order valence-corrected chi connectivity index (χ2v) is 10.5. The number of fused-ring (bicyclic) bond motifs is 1. The van der Waals surface area contributed by atoms with Crippen LogP contribution < -0.4 is 5.32 Å². The molecule has 34 heavy (non-hydrogen) atoms. The molecule has 0 unspecified atom stereocenters. The van der Waals surface area contributed by atoms with Gasteiger partial charge < -0.3 is 10.4 Å². The number of nitrogens with zero attached hydrogens (tertiary/aromatic N) is 1. The van der Waals surface area contributed by atoms with Gasteiger partial charge in [0.1, 0.15) is 17.9 Å². The zero-order valence-corrected chi connectivity index (χ0v) is 19.9. The standard InChI is InChI=1S/C25H27FN2O5S/c1-16(2)23(28(3)34(32,33)21-10-6-9-20(26)15-21)24(29)27-22(25(30)31)14-17-11-12-18-7-4-5-8-19(18)13-17/h4-13,15-16,22-23H,14H2,1-3H3,(H,27,29)(H,30,31)/t22-,23-/m0/s1. The number of aliphatic carboxylic acids is 1. The quantitative estimate of drug-likeness (QED) is 0.482. The molecule has 3 aromatic rings. The Labute approximate surface area is 198 Å². The molecular formula is C25H27FN2O5S. The molecule has 3 rings (SSSR count). The molecule has 0 aliphatic rings. The van der Waals surface area contributed by atoms with Crippen molar-refractivity contribution in [3.05, 3.63) is 78.1 Å². The first-order valence-electron chi connectivity index (χ1n) is 10.7. The molecule has 0 saturated carbocycles. The molecule has 2 atom stereocenters. The lowest BCUT2D eigenvalue weighted by atomic mass is 10.00. The summed E-state index contributed by atoms with van der Waals surface area (Å²) >= 11 is 0. The molecule has 0 aromatic heterocycles. The predicted molar refractivity (Wildman–Crippen MR) is 127 cm³/mol. The molecule has 0 bridgehead atoms. The van der Waals surface area contributed by atoms with Gasteiger partial charge in [0, 0.05) is 13.5 Å². The largest absolute Gasteiger partial charge is 0.480 e. The molecule has 2 N–H and O–H groups in total. The summed E-state index contributed by atoms with van der Waals surface area (Å²) in [6.45, 7) is 3.31. The van der Waals surface area contributed by atoms with Crippen molar-refractivity contribution < 1.29 is 27.5 Å². The van der Waals surface area contributed by atoms with Crippen LogP contribution in [0.4, 0.5) is 4.39 Å². The van der Waals surface area contributed by atoms with Crippen LogP contribution >= 0.6 is 0 Å². The lowest BCUT2D eigenvalue weighted by Crippen LogP contribution is -2.54. The number of likely N-dealkylation sites (N-methyl/N-ethyl adjacent to an activating group) is 1. The van der Waals surface area contributed by atoms with E-state index in [2.05, 4.69) is 5.32 Å². The first kappa shape index (κ1) is 25.3. The first-order valence-corrected chi connectivity index (χ1v) is 12.2. The normalized spacial score (nSPS) is 13.7. The van der Waals surface area contributed by atoms with E-state index in [-0.39, 0.29) is 11.3 Å². The van der Waals surface area contributed by atoms with E-state index in [1.807, 2.05) is 36.4 Å². The van der Waals surface area contributed by atoms with Crippen molar-refractivity contribution in [1.82, 2.24) is 9.62 Å². The van der Waals surface area contributed by atoms with Gasteiger partial charge in [-0.05, 0) is 40.5 Å². The Bertz CT molecular complexity index is 1310. The highest BCUT2D eigenvalue weighted by Crippen LogP contribution is 2.22. The van der Waals surface area contributed by atoms with Crippen LogP contribution in [0.2, 0.25) is 0 Å². The number of amides is 1. The Morgan fingerprint density at radius 1 is 1.00 bits per heavy atom. The van der Waals surface area contributed by atoms with Gasteiger partial charge in [-0.3, -0.25) is 4.79 Å². The zero-order valence-electron chi connectivity index (χ0n) is 19.1. The topological polar surface area (TPSA) is 104 Å². The number of benzene rings is 3. The number of sulfonamides is 1. The molecule has 0 saturated heterocycles. The Hall–Kier alpha value is -3.30. The molecule has 3 aromatic carbocycles. The number of halogens is 1. The molecule has 0 heterocycles. The van der Waals surface area contributed by atoms with Gasteiger partial charge in [-0.25, -0.2) is 17.6 Å². The fourth-order valence-electron chi connectivity index (χ4n) is 3.89. The van der Waals surface area contributed by atoms with Crippen molar-refractivity contribution in [1.29, 1.82) is 0 Å². The monoisotopic (exact) mass is 486 g/mol. The Morgan fingerprint density at radius 3 is 2.29 bits per heavy atom. The van der Waals surface area contributed by atoms with E-state index < -0.39 is 45.7 Å². The van der Waals surface area contributed by atoms with Gasteiger partial charge in [0.25, 0.3) is 0 Å². The van der Waals surface area contributed by atoms with E-state index >= 15 is 0 Å². The van der Waals surface area contributed by atoms with Crippen LogP contribution in [-0.4, -0.2) is 48.8 Å². The summed E-state index contributed by atoms with van der Waals surface area (Å²) in [6.07, 6.45) is 0.0249. The Balaban J connectivity index is 1.83. The van der Waals surface area contributed by atoms with E-state index in [1.54, 1.807) is 19.9 Å². The van der Waals surface area contributed by atoms with Crippen LogP contribution in [0.3, 0.4) is 0 Å². The average molecular weight is 487 g/mol. The molecule has 9 heteroatoms. The minimum Gasteiger partial charge on any atom is -0.480 e. The molecule has 0 radical (unpaired) electrons. The number of carbonyl (C=O) groups excluding carboxylic acids is 1. The number of carboxylic acid groups (broad SMARTS) is 1. The van der Waals surface area contributed by atoms with Crippen LogP contribution in [0, 0.1) is 11.7 Å². The number of carbonyl (C=O) groups is 2. The molecule has 1 amide bonds. The van der Waals surface area contributed by atoms with E-state index in [1.165, 1.54) is 19.2 Å². The summed E-state index contributed by atoms with van der Waals surface area (Å²) < 4.78 is 40.5. The van der Waals surface area contributed by atoms with Gasteiger partial charge in [-0.1, -0.05) is 62.4 Å². The maximum Gasteiger partial charge on any atom is 0.326 e. The SMILES string of the molecule is CC(C)[C@@H](C(=O)N[C@@H](Cc1ccc2ccccc2c1)C(=O)O)N(C)S(=O)(=O)c1cccc(F)c1. The minimum atomic E-state index is -4.20. The second-order valence-electron chi connectivity index (χ2n) is 8.45. The summed E-state index contributed by atoms with van der Waals surface area (Å²) in [7, 11) is -2.98. The van der Waals surface area contributed by atoms with Crippen LogP contribution in [0.25, 0.3) is 10.8 Å². The van der Waals surface area contributed by atoms with Crippen molar-refractivity contribution in [2.45, 2.75) is 37.2 Å². The third-order valence-corrected chi connectivity index (χ3v) is 7.47. The fourth-order valence-corrected chi connectivity index (χ4v) is 5.37. The second kappa shape index (κ2) is 10.3. The van der Waals surface area contributed by atoms with Crippen LogP contribution in [0.1, 0.15) is 19.4 Å². The van der Waals surface area contributed by atoms with Crippen molar-refractivity contribution in [2.24, 2.45) is 5.92 Å². The van der Waals surface area contributed by atoms with Gasteiger partial charge in [0.05, 0.1) is 4.90 Å². The van der Waals surface area contributed by atoms with Crippen molar-refractivity contribution in [2.75, 3.05) is 7.05 Å². The Kier molecular flexibility index (Phi) is 7.68. The smallest absolute Gasteiger partial charge is 0.326 e. The molecule has 0 aliphatic carbocycles. The molecule has 0 fully saturated rings. The van der Waals surface area contributed by atoms with E-state index in [0.29, 0.717) is 5.56 Å². The van der Waals surface area contributed by atoms with Crippen LogP contribution in [0.5, 0.6) is 0 Å². The highest BCUT2D eigenvalue weighted by molar-refractivity contribution is 7.89. The third kappa shape index (κ3) is 5.60. The number of hydrogen-bond acceptors (Lipinski definition) is 4. The zero-order chi connectivity index (χ0) is 25.0. The van der Waals surface area contributed by atoms with Crippen molar-refractivity contribution in [3.63, 3.8) is 0 Å². The highest BCUT2D eigenvalue weighted by atomic mass is 32.2. The molecule has 7 nitrogen and oxygen atoms in total. The summed E-state index contributed by atoms with van der Waals surface area (Å²) in [5.74, 6) is -3.19. The summed E-state index contributed by atoms with van der Waals surface area (Å²) in [4.78, 5) is 24.8. The van der Waals surface area contributed by atoms with Gasteiger partial charge in [-0.2, -0.15) is 4.31 Å². The van der Waals surface area contributed by atoms with E-state index in [0.717, 1.165) is 27.2 Å². The van der Waals surface area contributed by atoms with E-state index in [4.69, 9.17) is 0 Å². The van der Waals surface area contributed by atoms with Crippen LogP contribution in [-0.2, 0) is 26.0 Å². The summed E-state index contributed by atoms with van der Waals surface area (Å²) in [5.41, 5.74) is 0.716. The molecule has 180 valence electrons. The van der Waals surface area contributed by atoms with Crippen molar-refractivity contribution >= 4 is 32.7 Å². The van der Waals surface area contributed by atoms with Gasteiger partial charge >= 0.3 is 5.97 Å². The first-order chi connectivity index (χ1) is 16.0. The highest BCUT2D eigenvalue weighted by Gasteiger charge is 2.36. The van der Waals surface area contributed by atoms with Crippen molar-refractivity contribution in [3.8, 4) is 0 Å². The van der Waals surface area contributed by atoms with Gasteiger partial charge in [0.15, 0.2) is 0 Å². The number of rotatable bonds is 9. The molecule has 0 aliphatic heterocycles. The Morgan fingerprint density at radius 2 is 1.68 bits per heavy atom. The summed E-state index contributed by atoms with van der Waals surface area (Å²) in [5, 5.41) is 14.2. The predicted octanol–water partition coefficient (Wildman–Crippen LogP) is 3.44. The number of carboxylic acids is 1. The number of nitrogens with one attached hydrogen (secondary N) is 1. The lowest BCUT2D eigenvalue weighted by Gasteiger charge is -2.30. The molecular weight excluding hydrogens is 459 g/mol. The van der Waals surface area contributed by atoms with E-state index in [9.17, 15) is 27.5 Å².